The summed E-state index contributed by atoms with van der Waals surface area (Å²) in [6.07, 6.45) is 1.79. The number of aliphatic imine (C=N–C) groups is 2. The van der Waals surface area contributed by atoms with E-state index in [-0.39, 0.29) is 17.3 Å². The molecule has 3 fully saturated rings. The Morgan fingerprint density at radius 3 is 2.74 bits per heavy atom. The lowest BCUT2D eigenvalue weighted by Crippen LogP contribution is -2.54. The number of aryl methyl sites for hydroxylation is 1. The van der Waals surface area contributed by atoms with Gasteiger partial charge in [0.15, 0.2) is 11.8 Å². The smallest absolute Gasteiger partial charge is 0.433 e. The van der Waals surface area contributed by atoms with Gasteiger partial charge in [0.2, 0.25) is 0 Å². The minimum Gasteiger partial charge on any atom is -0.451 e. The van der Waals surface area contributed by atoms with Crippen LogP contribution in [0.4, 0.5) is 18.9 Å². The number of hydrogen-bond donors (Lipinski definition) is 1. The number of benzene rings is 1. The fraction of sp³-hybridized carbons (Fsp3) is 0.440. The Bertz CT molecular complexity index is 1260. The molecule has 2 aromatic rings. The quantitative estimate of drug-likeness (QED) is 0.518. The zero-order valence-electron chi connectivity index (χ0n) is 19.5. The molecule has 10 heteroatoms. The number of allylic oxidation sites excluding steroid dienone is 1. The second-order valence-corrected chi connectivity index (χ2v) is 11.0. The third kappa shape index (κ3) is 4.51. The average molecular weight is 503 g/mol. The zero-order chi connectivity index (χ0) is 25.0. The maximum Gasteiger partial charge on any atom is 0.433 e. The minimum absolute atomic E-state index is 0.0718. The van der Waals surface area contributed by atoms with Crippen LogP contribution in [0.5, 0.6) is 0 Å². The van der Waals surface area contributed by atoms with Crippen LogP contribution in [0.3, 0.4) is 0 Å². The molecule has 3 atom stereocenters. The van der Waals surface area contributed by atoms with Gasteiger partial charge in [-0.3, -0.25) is 9.79 Å². The Hall–Kier alpha value is -3.01. The lowest BCUT2D eigenvalue weighted by atomic mass is 9.61. The van der Waals surface area contributed by atoms with E-state index in [9.17, 15) is 18.0 Å². The molecule has 1 aliphatic carbocycles. The molecule has 35 heavy (non-hydrogen) atoms. The SMILES string of the molecule is Cc1cc(N[C@H]2C=NC=CC(C(F)(F)F)=N2)cc(-c2cnc(C34CCC(C(=O)O3)C(C)(C)C4)s2)c1. The number of anilines is 1. The van der Waals surface area contributed by atoms with E-state index in [0.29, 0.717) is 5.69 Å². The number of alkyl halides is 3. The molecule has 2 bridgehead atoms. The summed E-state index contributed by atoms with van der Waals surface area (Å²) in [6, 6.07) is 5.68. The Balaban J connectivity index is 1.42. The molecule has 6 nitrogen and oxygen atoms in total. The lowest BCUT2D eigenvalue weighted by Gasteiger charge is -2.52. The van der Waals surface area contributed by atoms with Gasteiger partial charge in [0.05, 0.1) is 10.8 Å². The van der Waals surface area contributed by atoms with E-state index in [2.05, 4.69) is 34.1 Å². The topological polar surface area (TPSA) is 75.9 Å². The molecule has 1 N–H and O–H groups in total. The maximum atomic E-state index is 13.2. The summed E-state index contributed by atoms with van der Waals surface area (Å²) in [6.45, 7) is 6.13. The van der Waals surface area contributed by atoms with Gasteiger partial charge in [-0.1, -0.05) is 19.9 Å². The van der Waals surface area contributed by atoms with Gasteiger partial charge in [0, 0.05) is 24.3 Å². The molecule has 4 heterocycles. The zero-order valence-corrected chi connectivity index (χ0v) is 20.3. The maximum absolute atomic E-state index is 13.2. The van der Waals surface area contributed by atoms with Crippen molar-refractivity contribution in [2.45, 2.75) is 58.0 Å². The van der Waals surface area contributed by atoms with E-state index in [1.165, 1.54) is 17.6 Å². The van der Waals surface area contributed by atoms with Crippen LogP contribution in [-0.2, 0) is 15.1 Å². The van der Waals surface area contributed by atoms with E-state index in [1.807, 2.05) is 25.1 Å². The molecule has 0 amide bonds. The standard InChI is InChI=1S/C25H25F3N4O2S/c1-14-8-15(10-16(9-14)31-20-12-29-7-5-19(32-20)25(26,27)28)18-11-30-22(35-18)24-6-4-17(21(33)34-24)23(2,3)13-24/h5,7-12,17,20,31H,4,6,13H2,1-3H3/t17?,20-,24?/m1/s1. The first kappa shape index (κ1) is 23.7. The van der Waals surface area contributed by atoms with E-state index in [4.69, 9.17) is 4.74 Å². The summed E-state index contributed by atoms with van der Waals surface area (Å²) >= 11 is 1.49. The summed E-state index contributed by atoms with van der Waals surface area (Å²) in [7, 11) is 0. The summed E-state index contributed by atoms with van der Waals surface area (Å²) in [5.74, 6) is -0.220. The van der Waals surface area contributed by atoms with Crippen LogP contribution < -0.4 is 5.32 Å². The van der Waals surface area contributed by atoms with Gasteiger partial charge in [-0.15, -0.1) is 11.3 Å². The van der Waals surface area contributed by atoms with Crippen molar-refractivity contribution in [2.75, 3.05) is 5.32 Å². The fourth-order valence-electron chi connectivity index (χ4n) is 5.24. The Morgan fingerprint density at radius 2 is 2.03 bits per heavy atom. The number of hydrogen-bond acceptors (Lipinski definition) is 7. The number of rotatable bonds is 4. The van der Waals surface area contributed by atoms with Gasteiger partial charge in [-0.2, -0.15) is 13.2 Å². The van der Waals surface area contributed by atoms with Crippen molar-refractivity contribution in [3.8, 4) is 10.4 Å². The second-order valence-electron chi connectivity index (χ2n) is 10.0. The number of ether oxygens (including phenoxy) is 1. The highest BCUT2D eigenvalue weighted by Crippen LogP contribution is 2.57. The molecule has 2 saturated heterocycles. The molecular weight excluding hydrogens is 477 g/mol. The predicted octanol–water partition coefficient (Wildman–Crippen LogP) is 6.04. The van der Waals surface area contributed by atoms with Crippen LogP contribution >= 0.6 is 11.3 Å². The van der Waals surface area contributed by atoms with Crippen molar-refractivity contribution in [1.29, 1.82) is 0 Å². The molecule has 184 valence electrons. The van der Waals surface area contributed by atoms with Crippen molar-refractivity contribution in [3.63, 3.8) is 0 Å². The summed E-state index contributed by atoms with van der Waals surface area (Å²) in [4.78, 5) is 25.8. The third-order valence-corrected chi connectivity index (χ3v) is 8.02. The number of carbonyl (C=O) groups is 1. The van der Waals surface area contributed by atoms with Crippen molar-refractivity contribution in [2.24, 2.45) is 21.3 Å². The molecule has 4 aliphatic rings. The van der Waals surface area contributed by atoms with E-state index in [0.717, 1.165) is 52.6 Å². The summed E-state index contributed by atoms with van der Waals surface area (Å²) in [5, 5.41) is 3.81. The second kappa shape index (κ2) is 8.29. The van der Waals surface area contributed by atoms with Gasteiger partial charge in [0.1, 0.15) is 10.7 Å². The highest BCUT2D eigenvalue weighted by molar-refractivity contribution is 7.15. The van der Waals surface area contributed by atoms with Crippen LogP contribution in [-0.4, -0.2) is 35.2 Å². The number of carbonyl (C=O) groups excluding carboxylic acids is 1. The van der Waals surface area contributed by atoms with E-state index >= 15 is 0 Å². The third-order valence-electron chi connectivity index (χ3n) is 6.79. The van der Waals surface area contributed by atoms with Gasteiger partial charge >= 0.3 is 12.1 Å². The normalized spacial score (nSPS) is 27.4. The van der Waals surface area contributed by atoms with Crippen molar-refractivity contribution in [3.05, 3.63) is 47.2 Å². The number of thiazole rings is 1. The molecule has 3 aliphatic heterocycles. The van der Waals surface area contributed by atoms with E-state index < -0.39 is 23.7 Å². The van der Waals surface area contributed by atoms with Gasteiger partial charge < -0.3 is 10.1 Å². The van der Waals surface area contributed by atoms with Crippen LogP contribution in [0.15, 0.2) is 46.7 Å². The first-order chi connectivity index (χ1) is 16.5. The number of nitrogens with one attached hydrogen (secondary N) is 1. The van der Waals surface area contributed by atoms with Crippen LogP contribution in [0.25, 0.3) is 10.4 Å². The predicted molar refractivity (Wildman–Crippen MR) is 130 cm³/mol. The molecular formula is C25H25F3N4O2S. The Labute approximate surface area is 205 Å². The monoisotopic (exact) mass is 502 g/mol. The minimum atomic E-state index is -4.56. The average Bonchev–Trinajstić information content (AvgIpc) is 3.14. The molecule has 0 spiro atoms. The highest BCUT2D eigenvalue weighted by Gasteiger charge is 2.58. The molecule has 6 rings (SSSR count). The molecule has 1 aromatic heterocycles. The molecule has 0 radical (unpaired) electrons. The fourth-order valence-corrected chi connectivity index (χ4v) is 6.29. The highest BCUT2D eigenvalue weighted by atomic mass is 32.1. The number of halogens is 3. The van der Waals surface area contributed by atoms with Crippen molar-refractivity contribution in [1.82, 2.24) is 4.98 Å². The van der Waals surface area contributed by atoms with Crippen LogP contribution in [0.2, 0.25) is 0 Å². The van der Waals surface area contributed by atoms with Gasteiger partial charge in [0.25, 0.3) is 0 Å². The number of nitrogens with zero attached hydrogens (tertiary/aromatic N) is 3. The first-order valence-corrected chi connectivity index (χ1v) is 12.2. The Kier molecular flexibility index (Phi) is 5.62. The number of aromatic nitrogens is 1. The molecule has 1 aromatic carbocycles. The largest absolute Gasteiger partial charge is 0.451 e. The summed E-state index contributed by atoms with van der Waals surface area (Å²) in [5.41, 5.74) is 0.563. The number of fused-ring (bicyclic) bond motifs is 3. The van der Waals surface area contributed by atoms with Crippen molar-refractivity contribution >= 4 is 34.9 Å². The van der Waals surface area contributed by atoms with Crippen LogP contribution in [0.1, 0.15) is 43.7 Å². The van der Waals surface area contributed by atoms with Gasteiger partial charge in [-0.05, 0) is 60.9 Å². The lowest BCUT2D eigenvalue weighted by molar-refractivity contribution is -0.209. The number of esters is 1. The van der Waals surface area contributed by atoms with Crippen LogP contribution in [0, 0.1) is 18.3 Å². The van der Waals surface area contributed by atoms with Crippen molar-refractivity contribution < 1.29 is 22.7 Å². The molecule has 2 unspecified atom stereocenters. The summed E-state index contributed by atoms with van der Waals surface area (Å²) < 4.78 is 45.4. The van der Waals surface area contributed by atoms with Gasteiger partial charge in [-0.25, -0.2) is 9.98 Å². The Morgan fingerprint density at radius 1 is 1.23 bits per heavy atom. The van der Waals surface area contributed by atoms with E-state index in [1.54, 1.807) is 6.20 Å². The molecule has 1 saturated carbocycles. The first-order valence-electron chi connectivity index (χ1n) is 11.4.